The van der Waals surface area contributed by atoms with Gasteiger partial charge in [-0.2, -0.15) is 0 Å². The Hall–Kier alpha value is -2.60. The van der Waals surface area contributed by atoms with Crippen LogP contribution < -0.4 is 10.6 Å². The number of benzene rings is 1. The van der Waals surface area contributed by atoms with Gasteiger partial charge in [-0.05, 0) is 23.4 Å². The van der Waals surface area contributed by atoms with Gasteiger partial charge in [0.15, 0.2) is 5.96 Å². The molecule has 0 fully saturated rings. The molecule has 0 radical (unpaired) electrons. The quantitative estimate of drug-likeness (QED) is 0.478. The number of nitrogens with zero attached hydrogens (tertiary/aromatic N) is 2. The minimum Gasteiger partial charge on any atom is -0.356 e. The van der Waals surface area contributed by atoms with Crippen LogP contribution in [0.5, 0.6) is 0 Å². The largest absolute Gasteiger partial charge is 0.356 e. The third-order valence-electron chi connectivity index (χ3n) is 3.60. The third-order valence-corrected chi connectivity index (χ3v) is 4.54. The van der Waals surface area contributed by atoms with Crippen molar-refractivity contribution in [2.45, 2.75) is 13.0 Å². The molecule has 0 spiro atoms. The van der Waals surface area contributed by atoms with E-state index in [1.165, 1.54) is 4.88 Å². The van der Waals surface area contributed by atoms with Gasteiger partial charge in [-0.1, -0.05) is 36.4 Å². The summed E-state index contributed by atoms with van der Waals surface area (Å²) < 4.78 is 0. The van der Waals surface area contributed by atoms with Crippen molar-refractivity contribution in [1.29, 1.82) is 0 Å². The number of aromatic nitrogens is 2. The number of thiophene rings is 1. The van der Waals surface area contributed by atoms with Crippen LogP contribution in [-0.4, -0.2) is 29.5 Å². The molecule has 2 heterocycles. The smallest absolute Gasteiger partial charge is 0.191 e. The molecule has 5 nitrogen and oxygen atoms in total. The number of hydrogen-bond donors (Lipinski definition) is 3. The second kappa shape index (κ2) is 8.31. The zero-order valence-electron chi connectivity index (χ0n) is 13.6. The Labute approximate surface area is 145 Å². The molecule has 6 heteroatoms. The van der Waals surface area contributed by atoms with Gasteiger partial charge < -0.3 is 15.6 Å². The second-order valence-corrected chi connectivity index (χ2v) is 6.32. The molecule has 0 saturated carbocycles. The number of aromatic amines is 1. The molecule has 124 valence electrons. The summed E-state index contributed by atoms with van der Waals surface area (Å²) in [4.78, 5) is 13.4. The zero-order valence-corrected chi connectivity index (χ0v) is 14.4. The molecule has 0 saturated heterocycles. The Morgan fingerprint density at radius 3 is 2.79 bits per heavy atom. The van der Waals surface area contributed by atoms with E-state index in [0.29, 0.717) is 6.54 Å². The van der Waals surface area contributed by atoms with Crippen molar-refractivity contribution in [2.24, 2.45) is 4.99 Å². The van der Waals surface area contributed by atoms with Crippen LogP contribution in [0.4, 0.5) is 0 Å². The molecular formula is C18H21N5S. The topological polar surface area (TPSA) is 65.1 Å². The number of hydrogen-bond acceptors (Lipinski definition) is 3. The molecular weight excluding hydrogens is 318 g/mol. The van der Waals surface area contributed by atoms with Crippen molar-refractivity contribution < 1.29 is 0 Å². The maximum absolute atomic E-state index is 4.42. The summed E-state index contributed by atoms with van der Waals surface area (Å²) in [5.74, 6) is 1.67. The van der Waals surface area contributed by atoms with E-state index in [1.807, 2.05) is 24.4 Å². The molecule has 3 N–H and O–H groups in total. The van der Waals surface area contributed by atoms with Crippen LogP contribution in [0.1, 0.15) is 10.7 Å². The molecule has 0 amide bonds. The molecule has 1 aromatic carbocycles. The van der Waals surface area contributed by atoms with E-state index in [-0.39, 0.29) is 0 Å². The van der Waals surface area contributed by atoms with Gasteiger partial charge in [0.25, 0.3) is 0 Å². The predicted octanol–water partition coefficient (Wildman–Crippen LogP) is 3.05. The summed E-state index contributed by atoms with van der Waals surface area (Å²) in [5, 5.41) is 8.70. The van der Waals surface area contributed by atoms with Gasteiger partial charge in [-0.3, -0.25) is 4.99 Å². The summed E-state index contributed by atoms with van der Waals surface area (Å²) in [6, 6.07) is 14.4. The van der Waals surface area contributed by atoms with Crippen LogP contribution >= 0.6 is 11.3 Å². The first-order valence-corrected chi connectivity index (χ1v) is 8.79. The van der Waals surface area contributed by atoms with Gasteiger partial charge in [0.05, 0.1) is 18.4 Å². The lowest BCUT2D eigenvalue weighted by Gasteiger charge is -2.10. The molecule has 0 aliphatic carbocycles. The van der Waals surface area contributed by atoms with Gasteiger partial charge in [-0.15, -0.1) is 11.3 Å². The number of H-pyrrole nitrogens is 1. The van der Waals surface area contributed by atoms with Crippen LogP contribution in [0.15, 0.2) is 59.0 Å². The van der Waals surface area contributed by atoms with E-state index >= 15 is 0 Å². The third kappa shape index (κ3) is 4.45. The first-order valence-electron chi connectivity index (χ1n) is 7.91. The van der Waals surface area contributed by atoms with Crippen LogP contribution in [0.2, 0.25) is 0 Å². The Morgan fingerprint density at radius 1 is 1.17 bits per heavy atom. The van der Waals surface area contributed by atoms with Crippen LogP contribution in [0, 0.1) is 0 Å². The second-order valence-electron chi connectivity index (χ2n) is 5.29. The predicted molar refractivity (Wildman–Crippen MR) is 100 cm³/mol. The molecule has 2 aromatic heterocycles. The molecule has 0 atom stereocenters. The van der Waals surface area contributed by atoms with E-state index < -0.39 is 0 Å². The standard InChI is InChI=1S/C18H21N5S/c1-19-18(20-10-9-15-8-5-11-24-15)22-13-17-21-12-16(23-17)14-6-3-2-4-7-14/h2-8,11-12H,9-10,13H2,1H3,(H,21,23)(H2,19,20,22). The minimum absolute atomic E-state index is 0.603. The van der Waals surface area contributed by atoms with Gasteiger partial charge in [0.1, 0.15) is 5.82 Å². The zero-order chi connectivity index (χ0) is 16.6. The molecule has 3 aromatic rings. The van der Waals surface area contributed by atoms with Gasteiger partial charge in [0, 0.05) is 18.5 Å². The lowest BCUT2D eigenvalue weighted by atomic mass is 10.2. The van der Waals surface area contributed by atoms with Crippen LogP contribution in [0.3, 0.4) is 0 Å². The van der Waals surface area contributed by atoms with Gasteiger partial charge in [0.2, 0.25) is 0 Å². The average Bonchev–Trinajstić information content (AvgIpc) is 3.30. The van der Waals surface area contributed by atoms with Crippen LogP contribution in [0.25, 0.3) is 11.3 Å². The van der Waals surface area contributed by atoms with Crippen molar-refractivity contribution in [2.75, 3.05) is 13.6 Å². The van der Waals surface area contributed by atoms with E-state index in [4.69, 9.17) is 0 Å². The summed E-state index contributed by atoms with van der Waals surface area (Å²) in [5.41, 5.74) is 2.16. The summed E-state index contributed by atoms with van der Waals surface area (Å²) in [6.07, 6.45) is 2.86. The fourth-order valence-corrected chi connectivity index (χ4v) is 3.07. The molecule has 0 aliphatic rings. The van der Waals surface area contributed by atoms with Crippen molar-refractivity contribution in [3.8, 4) is 11.3 Å². The number of nitrogens with one attached hydrogen (secondary N) is 3. The number of guanidine groups is 1. The summed E-state index contributed by atoms with van der Waals surface area (Å²) in [6.45, 7) is 1.46. The molecule has 0 aliphatic heterocycles. The molecule has 3 rings (SSSR count). The van der Waals surface area contributed by atoms with Crippen LogP contribution in [-0.2, 0) is 13.0 Å². The Kier molecular flexibility index (Phi) is 5.63. The van der Waals surface area contributed by atoms with E-state index in [9.17, 15) is 0 Å². The Balaban J connectivity index is 1.48. The Bertz CT molecular complexity index is 762. The lowest BCUT2D eigenvalue weighted by molar-refractivity contribution is 0.776. The number of rotatable bonds is 6. The highest BCUT2D eigenvalue weighted by Gasteiger charge is 2.04. The lowest BCUT2D eigenvalue weighted by Crippen LogP contribution is -2.38. The minimum atomic E-state index is 0.603. The highest BCUT2D eigenvalue weighted by molar-refractivity contribution is 7.09. The molecule has 0 bridgehead atoms. The normalized spacial score (nSPS) is 11.5. The van der Waals surface area contributed by atoms with Crippen molar-refractivity contribution in [3.05, 3.63) is 64.7 Å². The van der Waals surface area contributed by atoms with E-state index in [1.54, 1.807) is 18.4 Å². The fraction of sp³-hybridized carbons (Fsp3) is 0.222. The molecule has 0 unspecified atom stereocenters. The maximum atomic E-state index is 4.42. The molecule has 24 heavy (non-hydrogen) atoms. The van der Waals surface area contributed by atoms with Crippen molar-refractivity contribution in [3.63, 3.8) is 0 Å². The SMILES string of the molecule is CN=C(NCCc1cccs1)NCc1ncc(-c2ccccc2)[nH]1. The first kappa shape index (κ1) is 16.3. The van der Waals surface area contributed by atoms with Gasteiger partial charge in [-0.25, -0.2) is 4.98 Å². The summed E-state index contributed by atoms with van der Waals surface area (Å²) in [7, 11) is 1.78. The number of aliphatic imine (C=N–C) groups is 1. The van der Waals surface area contributed by atoms with E-state index in [2.05, 4.69) is 55.2 Å². The fourth-order valence-electron chi connectivity index (χ4n) is 2.36. The highest BCUT2D eigenvalue weighted by atomic mass is 32.1. The number of imidazole rings is 1. The average molecular weight is 339 g/mol. The van der Waals surface area contributed by atoms with Gasteiger partial charge >= 0.3 is 0 Å². The summed E-state index contributed by atoms with van der Waals surface area (Å²) >= 11 is 1.78. The maximum Gasteiger partial charge on any atom is 0.191 e. The van der Waals surface area contributed by atoms with E-state index in [0.717, 1.165) is 36.0 Å². The monoisotopic (exact) mass is 339 g/mol. The van der Waals surface area contributed by atoms with Crippen molar-refractivity contribution >= 4 is 17.3 Å². The van der Waals surface area contributed by atoms with Crippen molar-refractivity contribution in [1.82, 2.24) is 20.6 Å². The highest BCUT2D eigenvalue weighted by Crippen LogP contribution is 2.15. The Morgan fingerprint density at radius 2 is 2.04 bits per heavy atom. The first-order chi connectivity index (χ1) is 11.8.